The molecule has 1 heterocycles. The SMILES string of the molecule is CCc1ccc(CNc2ccc([N+](=O)[O-])cc2C)o1. The molecule has 5 nitrogen and oxygen atoms in total. The highest BCUT2D eigenvalue weighted by atomic mass is 16.6. The Morgan fingerprint density at radius 1 is 1.26 bits per heavy atom. The highest BCUT2D eigenvalue weighted by molar-refractivity contribution is 5.55. The van der Waals surface area contributed by atoms with Crippen LogP contribution in [0.3, 0.4) is 0 Å². The Kier molecular flexibility index (Phi) is 3.85. The summed E-state index contributed by atoms with van der Waals surface area (Å²) in [5.74, 6) is 1.81. The molecule has 0 bridgehead atoms. The number of hydrogen-bond donors (Lipinski definition) is 1. The summed E-state index contributed by atoms with van der Waals surface area (Å²) >= 11 is 0. The Morgan fingerprint density at radius 3 is 2.58 bits per heavy atom. The molecule has 19 heavy (non-hydrogen) atoms. The van der Waals surface area contributed by atoms with E-state index >= 15 is 0 Å². The van der Waals surface area contributed by atoms with Crippen LogP contribution in [0.4, 0.5) is 11.4 Å². The molecule has 0 saturated heterocycles. The minimum atomic E-state index is -0.392. The number of rotatable bonds is 5. The molecular weight excluding hydrogens is 244 g/mol. The Morgan fingerprint density at radius 2 is 2.00 bits per heavy atom. The van der Waals surface area contributed by atoms with Gasteiger partial charge in [0.25, 0.3) is 5.69 Å². The van der Waals surface area contributed by atoms with Crippen molar-refractivity contribution >= 4 is 11.4 Å². The molecule has 0 unspecified atom stereocenters. The second-order valence-corrected chi connectivity index (χ2v) is 4.33. The molecule has 0 fully saturated rings. The Bertz CT molecular complexity index is 590. The van der Waals surface area contributed by atoms with Gasteiger partial charge >= 0.3 is 0 Å². The van der Waals surface area contributed by atoms with Crippen LogP contribution in [0, 0.1) is 17.0 Å². The fourth-order valence-electron chi connectivity index (χ4n) is 1.85. The van der Waals surface area contributed by atoms with Crippen molar-refractivity contribution in [1.29, 1.82) is 0 Å². The zero-order chi connectivity index (χ0) is 13.8. The molecule has 1 N–H and O–H groups in total. The second-order valence-electron chi connectivity index (χ2n) is 4.33. The van der Waals surface area contributed by atoms with Crippen molar-refractivity contribution in [1.82, 2.24) is 0 Å². The average Bonchev–Trinajstić information content (AvgIpc) is 2.85. The largest absolute Gasteiger partial charge is 0.464 e. The van der Waals surface area contributed by atoms with E-state index in [0.717, 1.165) is 29.2 Å². The van der Waals surface area contributed by atoms with E-state index < -0.39 is 4.92 Å². The molecule has 2 aromatic rings. The van der Waals surface area contributed by atoms with Crippen LogP contribution < -0.4 is 5.32 Å². The van der Waals surface area contributed by atoms with Gasteiger partial charge < -0.3 is 9.73 Å². The van der Waals surface area contributed by atoms with Crippen molar-refractivity contribution in [3.8, 4) is 0 Å². The van der Waals surface area contributed by atoms with Crippen LogP contribution in [0.15, 0.2) is 34.7 Å². The van der Waals surface area contributed by atoms with Gasteiger partial charge in [0.2, 0.25) is 0 Å². The number of nitro groups is 1. The van der Waals surface area contributed by atoms with Crippen molar-refractivity contribution in [3.63, 3.8) is 0 Å². The predicted octanol–water partition coefficient (Wildman–Crippen LogP) is 3.67. The number of non-ortho nitro benzene ring substituents is 1. The molecular formula is C14H16N2O3. The molecule has 0 amide bonds. The third-order valence-corrected chi connectivity index (χ3v) is 2.94. The van der Waals surface area contributed by atoms with Crippen LogP contribution in [0.2, 0.25) is 0 Å². The van der Waals surface area contributed by atoms with Gasteiger partial charge in [0.05, 0.1) is 11.5 Å². The number of anilines is 1. The molecule has 100 valence electrons. The lowest BCUT2D eigenvalue weighted by Crippen LogP contribution is -2.00. The number of hydrogen-bond acceptors (Lipinski definition) is 4. The molecule has 1 aromatic carbocycles. The zero-order valence-corrected chi connectivity index (χ0v) is 11.0. The summed E-state index contributed by atoms with van der Waals surface area (Å²) in [5.41, 5.74) is 1.82. The molecule has 0 aliphatic rings. The Labute approximate surface area is 111 Å². The minimum absolute atomic E-state index is 0.106. The van der Waals surface area contributed by atoms with Gasteiger partial charge in [0.15, 0.2) is 0 Å². The van der Waals surface area contributed by atoms with Gasteiger partial charge in [-0.15, -0.1) is 0 Å². The maximum atomic E-state index is 10.6. The van der Waals surface area contributed by atoms with Gasteiger partial charge in [0, 0.05) is 24.2 Å². The lowest BCUT2D eigenvalue weighted by atomic mass is 10.2. The van der Waals surface area contributed by atoms with E-state index in [4.69, 9.17) is 4.42 Å². The summed E-state index contributed by atoms with van der Waals surface area (Å²) in [7, 11) is 0. The van der Waals surface area contributed by atoms with E-state index in [-0.39, 0.29) is 5.69 Å². The summed E-state index contributed by atoms with van der Waals surface area (Å²) in [6, 6.07) is 8.67. The molecule has 2 rings (SSSR count). The number of nitrogens with zero attached hydrogens (tertiary/aromatic N) is 1. The van der Waals surface area contributed by atoms with E-state index in [1.807, 2.05) is 26.0 Å². The highest BCUT2D eigenvalue weighted by Crippen LogP contribution is 2.22. The van der Waals surface area contributed by atoms with Crippen LogP contribution in [-0.2, 0) is 13.0 Å². The van der Waals surface area contributed by atoms with Crippen LogP contribution >= 0.6 is 0 Å². The molecule has 0 spiro atoms. The molecule has 0 aliphatic heterocycles. The topological polar surface area (TPSA) is 68.3 Å². The minimum Gasteiger partial charge on any atom is -0.464 e. The second kappa shape index (κ2) is 5.56. The third kappa shape index (κ3) is 3.13. The Balaban J connectivity index is 2.05. The van der Waals surface area contributed by atoms with E-state index in [2.05, 4.69) is 5.32 Å². The van der Waals surface area contributed by atoms with Gasteiger partial charge in [-0.1, -0.05) is 6.92 Å². The lowest BCUT2D eigenvalue weighted by Gasteiger charge is -2.07. The van der Waals surface area contributed by atoms with Crippen LogP contribution in [0.5, 0.6) is 0 Å². The molecule has 0 atom stereocenters. The Hall–Kier alpha value is -2.30. The first-order valence-electron chi connectivity index (χ1n) is 6.16. The summed E-state index contributed by atoms with van der Waals surface area (Å²) in [5, 5.41) is 13.9. The van der Waals surface area contributed by atoms with Crippen molar-refractivity contribution in [3.05, 3.63) is 57.5 Å². The van der Waals surface area contributed by atoms with Crippen molar-refractivity contribution in [2.75, 3.05) is 5.32 Å². The fourth-order valence-corrected chi connectivity index (χ4v) is 1.85. The molecule has 5 heteroatoms. The van der Waals surface area contributed by atoms with Crippen molar-refractivity contribution < 1.29 is 9.34 Å². The van der Waals surface area contributed by atoms with E-state index in [1.54, 1.807) is 12.1 Å². The highest BCUT2D eigenvalue weighted by Gasteiger charge is 2.08. The summed E-state index contributed by atoms with van der Waals surface area (Å²) in [4.78, 5) is 10.3. The van der Waals surface area contributed by atoms with Crippen LogP contribution in [0.1, 0.15) is 24.0 Å². The van der Waals surface area contributed by atoms with Gasteiger partial charge in [0.1, 0.15) is 11.5 Å². The summed E-state index contributed by atoms with van der Waals surface area (Å²) < 4.78 is 5.59. The predicted molar refractivity (Wildman–Crippen MR) is 73.2 cm³/mol. The summed E-state index contributed by atoms with van der Waals surface area (Å²) in [6.07, 6.45) is 0.872. The van der Waals surface area contributed by atoms with E-state index in [1.165, 1.54) is 6.07 Å². The summed E-state index contributed by atoms with van der Waals surface area (Å²) in [6.45, 7) is 4.45. The van der Waals surface area contributed by atoms with Gasteiger partial charge in [-0.3, -0.25) is 10.1 Å². The molecule has 0 radical (unpaired) electrons. The lowest BCUT2D eigenvalue weighted by molar-refractivity contribution is -0.384. The molecule has 1 aromatic heterocycles. The van der Waals surface area contributed by atoms with E-state index in [0.29, 0.717) is 6.54 Å². The van der Waals surface area contributed by atoms with Crippen LogP contribution in [0.25, 0.3) is 0 Å². The molecule has 0 saturated carbocycles. The first kappa shape index (κ1) is 13.1. The molecule has 0 aliphatic carbocycles. The quantitative estimate of drug-likeness (QED) is 0.657. The van der Waals surface area contributed by atoms with Gasteiger partial charge in [-0.2, -0.15) is 0 Å². The number of benzene rings is 1. The standard InChI is InChI=1S/C14H16N2O3/c1-3-12-5-6-13(19-12)9-15-14-7-4-11(16(17)18)8-10(14)2/h4-8,15H,3,9H2,1-2H3. The number of furan rings is 1. The smallest absolute Gasteiger partial charge is 0.269 e. The number of nitro benzene ring substituents is 1. The zero-order valence-electron chi connectivity index (χ0n) is 11.0. The van der Waals surface area contributed by atoms with Crippen LogP contribution in [-0.4, -0.2) is 4.92 Å². The van der Waals surface area contributed by atoms with Gasteiger partial charge in [-0.25, -0.2) is 0 Å². The maximum Gasteiger partial charge on any atom is 0.269 e. The van der Waals surface area contributed by atoms with Crippen molar-refractivity contribution in [2.24, 2.45) is 0 Å². The fraction of sp³-hybridized carbons (Fsp3) is 0.286. The van der Waals surface area contributed by atoms with Gasteiger partial charge in [-0.05, 0) is 30.7 Å². The number of aryl methyl sites for hydroxylation is 2. The maximum absolute atomic E-state index is 10.6. The number of nitrogens with one attached hydrogen (secondary N) is 1. The first-order valence-corrected chi connectivity index (χ1v) is 6.16. The third-order valence-electron chi connectivity index (χ3n) is 2.94. The van der Waals surface area contributed by atoms with E-state index in [9.17, 15) is 10.1 Å². The normalized spacial score (nSPS) is 10.4. The average molecular weight is 260 g/mol. The monoisotopic (exact) mass is 260 g/mol. The first-order chi connectivity index (χ1) is 9.10. The van der Waals surface area contributed by atoms with Crippen molar-refractivity contribution in [2.45, 2.75) is 26.8 Å².